The zero-order valence-corrected chi connectivity index (χ0v) is 8.13. The average Bonchev–Trinajstić information content (AvgIpc) is 2.05. The first kappa shape index (κ1) is 9.20. The predicted molar refractivity (Wildman–Crippen MR) is 50.6 cm³/mol. The number of hydrogen-bond donors (Lipinski definition) is 0. The fourth-order valence-corrected chi connectivity index (χ4v) is 2.01. The van der Waals surface area contributed by atoms with E-state index in [9.17, 15) is 4.79 Å². The summed E-state index contributed by atoms with van der Waals surface area (Å²) >= 11 is 0. The van der Waals surface area contributed by atoms with Gasteiger partial charge >= 0.3 is 0 Å². The maximum Gasteiger partial charge on any atom is 0.133 e. The second-order valence-electron chi connectivity index (χ2n) is 4.37. The number of hydrogen-bond acceptors (Lipinski definition) is 2. The van der Waals surface area contributed by atoms with E-state index in [0.29, 0.717) is 11.9 Å². The molecule has 0 bridgehead atoms. The van der Waals surface area contributed by atoms with Crippen molar-refractivity contribution in [2.75, 3.05) is 6.61 Å². The molecule has 74 valence electrons. The van der Waals surface area contributed by atoms with E-state index in [1.54, 1.807) is 0 Å². The van der Waals surface area contributed by atoms with Crippen molar-refractivity contribution in [1.82, 2.24) is 0 Å². The van der Waals surface area contributed by atoms with Gasteiger partial charge in [0.05, 0.1) is 6.10 Å². The van der Waals surface area contributed by atoms with Gasteiger partial charge in [0.15, 0.2) is 0 Å². The molecule has 2 rings (SSSR count). The topological polar surface area (TPSA) is 26.3 Å². The van der Waals surface area contributed by atoms with E-state index in [4.69, 9.17) is 4.74 Å². The predicted octanol–water partition coefficient (Wildman–Crippen LogP) is 2.31. The summed E-state index contributed by atoms with van der Waals surface area (Å²) in [6, 6.07) is 0. The lowest BCUT2D eigenvalue weighted by Crippen LogP contribution is -2.26. The van der Waals surface area contributed by atoms with Crippen LogP contribution in [0.25, 0.3) is 0 Å². The molecule has 0 amide bonds. The molecule has 0 aromatic carbocycles. The van der Waals surface area contributed by atoms with E-state index in [0.717, 1.165) is 38.2 Å². The van der Waals surface area contributed by atoms with Crippen LogP contribution in [-0.4, -0.2) is 18.5 Å². The van der Waals surface area contributed by atoms with E-state index in [1.807, 2.05) is 0 Å². The average molecular weight is 182 g/mol. The normalized spacial score (nSPS) is 26.0. The summed E-state index contributed by atoms with van der Waals surface area (Å²) in [6.07, 6.45) is 7.90. The summed E-state index contributed by atoms with van der Waals surface area (Å²) in [7, 11) is 0. The molecule has 0 aliphatic heterocycles. The van der Waals surface area contributed by atoms with Crippen LogP contribution in [0.15, 0.2) is 0 Å². The second-order valence-corrected chi connectivity index (χ2v) is 4.37. The van der Waals surface area contributed by atoms with Crippen LogP contribution in [0, 0.1) is 5.92 Å². The second kappa shape index (κ2) is 4.23. The minimum absolute atomic E-state index is 0.387. The van der Waals surface area contributed by atoms with Crippen LogP contribution in [0.5, 0.6) is 0 Å². The molecule has 2 saturated carbocycles. The Morgan fingerprint density at radius 3 is 2.38 bits per heavy atom. The lowest BCUT2D eigenvalue weighted by molar-refractivity contribution is -0.123. The molecule has 0 aromatic rings. The van der Waals surface area contributed by atoms with Gasteiger partial charge < -0.3 is 4.74 Å². The van der Waals surface area contributed by atoms with E-state index >= 15 is 0 Å². The Balaban J connectivity index is 1.61. The Bertz CT molecular complexity index is 175. The minimum Gasteiger partial charge on any atom is -0.378 e. The van der Waals surface area contributed by atoms with Gasteiger partial charge in [-0.05, 0) is 31.6 Å². The van der Waals surface area contributed by atoms with Gasteiger partial charge in [-0.1, -0.05) is 6.42 Å². The first-order chi connectivity index (χ1) is 6.34. The van der Waals surface area contributed by atoms with Gasteiger partial charge in [0.1, 0.15) is 5.78 Å². The molecule has 0 atom stereocenters. The third-order valence-electron chi connectivity index (χ3n) is 3.28. The molecular formula is C11H18O2. The van der Waals surface area contributed by atoms with Crippen LogP contribution < -0.4 is 0 Å². The van der Waals surface area contributed by atoms with Crippen LogP contribution in [0.4, 0.5) is 0 Å². The zero-order chi connectivity index (χ0) is 9.10. The molecule has 0 saturated heterocycles. The number of ether oxygens (including phenoxy) is 1. The summed E-state index contributed by atoms with van der Waals surface area (Å²) in [5.74, 6) is 1.25. The van der Waals surface area contributed by atoms with E-state index < -0.39 is 0 Å². The van der Waals surface area contributed by atoms with Crippen molar-refractivity contribution in [3.05, 3.63) is 0 Å². The van der Waals surface area contributed by atoms with Crippen LogP contribution in [-0.2, 0) is 9.53 Å². The molecule has 2 heteroatoms. The highest BCUT2D eigenvalue weighted by Crippen LogP contribution is 2.28. The molecule has 0 N–H and O–H groups in total. The van der Waals surface area contributed by atoms with Crippen LogP contribution in [0.2, 0.25) is 0 Å². The van der Waals surface area contributed by atoms with Crippen LogP contribution in [0.3, 0.4) is 0 Å². The van der Waals surface area contributed by atoms with Crippen molar-refractivity contribution >= 4 is 5.78 Å². The van der Waals surface area contributed by atoms with Gasteiger partial charge in [-0.2, -0.15) is 0 Å². The maximum absolute atomic E-state index is 11.0. The number of ketones is 1. The van der Waals surface area contributed by atoms with Gasteiger partial charge in [0.25, 0.3) is 0 Å². The summed E-state index contributed by atoms with van der Waals surface area (Å²) in [5, 5.41) is 0. The number of carbonyl (C=O) groups excluding carboxylic acids is 1. The van der Waals surface area contributed by atoms with Crippen LogP contribution in [0.1, 0.15) is 44.9 Å². The number of carbonyl (C=O) groups is 1. The molecule has 2 aliphatic rings. The van der Waals surface area contributed by atoms with Crippen LogP contribution >= 0.6 is 0 Å². The van der Waals surface area contributed by atoms with Gasteiger partial charge in [-0.15, -0.1) is 0 Å². The highest BCUT2D eigenvalue weighted by molar-refractivity contribution is 5.79. The number of rotatable bonds is 3. The third kappa shape index (κ3) is 2.53. The SMILES string of the molecule is O=C1CCC(OCC2CCC2)CC1. The fraction of sp³-hybridized carbons (Fsp3) is 0.909. The Kier molecular flexibility index (Phi) is 2.99. The molecule has 2 fully saturated rings. The molecule has 0 radical (unpaired) electrons. The quantitative estimate of drug-likeness (QED) is 0.669. The lowest BCUT2D eigenvalue weighted by atomic mass is 9.86. The van der Waals surface area contributed by atoms with E-state index in [-0.39, 0.29) is 0 Å². The lowest BCUT2D eigenvalue weighted by Gasteiger charge is -2.29. The summed E-state index contributed by atoms with van der Waals surface area (Å²) in [6.45, 7) is 0.943. The zero-order valence-electron chi connectivity index (χ0n) is 8.13. The molecule has 0 unspecified atom stereocenters. The summed E-state index contributed by atoms with van der Waals surface area (Å²) in [5.41, 5.74) is 0. The largest absolute Gasteiger partial charge is 0.378 e. The first-order valence-electron chi connectivity index (χ1n) is 5.48. The molecule has 0 spiro atoms. The van der Waals surface area contributed by atoms with Crippen molar-refractivity contribution < 1.29 is 9.53 Å². The Hall–Kier alpha value is -0.370. The summed E-state index contributed by atoms with van der Waals surface area (Å²) in [4.78, 5) is 11.0. The van der Waals surface area contributed by atoms with Crippen molar-refractivity contribution in [2.45, 2.75) is 51.0 Å². The van der Waals surface area contributed by atoms with E-state index in [1.165, 1.54) is 19.3 Å². The van der Waals surface area contributed by atoms with Crippen molar-refractivity contribution in [1.29, 1.82) is 0 Å². The molecule has 2 nitrogen and oxygen atoms in total. The standard InChI is InChI=1S/C11H18O2/c12-10-4-6-11(7-5-10)13-8-9-2-1-3-9/h9,11H,1-8H2. The molecule has 0 aromatic heterocycles. The van der Waals surface area contributed by atoms with Gasteiger partial charge in [0, 0.05) is 19.4 Å². The summed E-state index contributed by atoms with van der Waals surface area (Å²) < 4.78 is 5.78. The molecular weight excluding hydrogens is 164 g/mol. The maximum atomic E-state index is 11.0. The minimum atomic E-state index is 0.387. The monoisotopic (exact) mass is 182 g/mol. The Morgan fingerprint density at radius 2 is 1.85 bits per heavy atom. The molecule has 2 aliphatic carbocycles. The van der Waals surface area contributed by atoms with Crippen molar-refractivity contribution in [3.8, 4) is 0 Å². The Labute approximate surface area is 79.7 Å². The van der Waals surface area contributed by atoms with Gasteiger partial charge in [-0.3, -0.25) is 4.79 Å². The van der Waals surface area contributed by atoms with Gasteiger partial charge in [0.2, 0.25) is 0 Å². The third-order valence-corrected chi connectivity index (χ3v) is 3.28. The fourth-order valence-electron chi connectivity index (χ4n) is 2.01. The highest BCUT2D eigenvalue weighted by Gasteiger charge is 2.22. The smallest absolute Gasteiger partial charge is 0.133 e. The van der Waals surface area contributed by atoms with Crippen molar-refractivity contribution in [2.24, 2.45) is 5.92 Å². The first-order valence-corrected chi connectivity index (χ1v) is 5.48. The number of Topliss-reactive ketones (excluding diaryl/α,β-unsaturated/α-hetero) is 1. The Morgan fingerprint density at radius 1 is 1.15 bits per heavy atom. The molecule has 0 heterocycles. The highest BCUT2D eigenvalue weighted by atomic mass is 16.5. The van der Waals surface area contributed by atoms with Crippen molar-refractivity contribution in [3.63, 3.8) is 0 Å². The van der Waals surface area contributed by atoms with Gasteiger partial charge in [-0.25, -0.2) is 0 Å². The van der Waals surface area contributed by atoms with E-state index in [2.05, 4.69) is 0 Å². The molecule has 13 heavy (non-hydrogen) atoms.